The second-order valence-electron chi connectivity index (χ2n) is 4.59. The lowest BCUT2D eigenvalue weighted by Gasteiger charge is -2.25. The molecule has 0 heterocycles. The molecule has 0 aliphatic carbocycles. The highest BCUT2D eigenvalue weighted by Gasteiger charge is 2.22. The molecule has 0 amide bonds. The van der Waals surface area contributed by atoms with E-state index in [1.807, 2.05) is 20.8 Å². The van der Waals surface area contributed by atoms with Gasteiger partial charge in [-0.15, -0.1) is 0 Å². The van der Waals surface area contributed by atoms with Crippen molar-refractivity contribution in [2.24, 2.45) is 0 Å². The van der Waals surface area contributed by atoms with Gasteiger partial charge in [0.2, 0.25) is 0 Å². The van der Waals surface area contributed by atoms with Crippen LogP contribution in [0.1, 0.15) is 20.8 Å². The first-order valence-corrected chi connectivity index (χ1v) is 6.16. The Morgan fingerprint density at radius 3 is 2.68 bits per heavy atom. The topological polar surface area (TPSA) is 64.4 Å². The molecule has 0 saturated heterocycles. The van der Waals surface area contributed by atoms with E-state index in [2.05, 4.69) is 5.32 Å². The number of halogens is 2. The molecule has 19 heavy (non-hydrogen) atoms. The van der Waals surface area contributed by atoms with Gasteiger partial charge in [-0.05, 0) is 20.8 Å². The molecular weight excluding hydrogens is 275 g/mol. The largest absolute Gasteiger partial charge is 0.377 e. The first-order chi connectivity index (χ1) is 8.76. The Labute approximate surface area is 115 Å². The van der Waals surface area contributed by atoms with Crippen LogP contribution in [0.15, 0.2) is 12.1 Å². The van der Waals surface area contributed by atoms with E-state index in [0.29, 0.717) is 13.2 Å². The summed E-state index contributed by atoms with van der Waals surface area (Å²) in [5.41, 5.74) is -0.697. The lowest BCUT2D eigenvalue weighted by Crippen LogP contribution is -2.33. The van der Waals surface area contributed by atoms with Gasteiger partial charge in [-0.25, -0.2) is 4.39 Å². The van der Waals surface area contributed by atoms with Gasteiger partial charge >= 0.3 is 0 Å². The first-order valence-electron chi connectivity index (χ1n) is 5.78. The lowest BCUT2D eigenvalue weighted by atomic mass is 10.1. The van der Waals surface area contributed by atoms with Crippen LogP contribution in [0.3, 0.4) is 0 Å². The number of ether oxygens (including phenoxy) is 1. The van der Waals surface area contributed by atoms with Crippen LogP contribution in [0.25, 0.3) is 0 Å². The van der Waals surface area contributed by atoms with E-state index in [9.17, 15) is 14.5 Å². The fourth-order valence-electron chi connectivity index (χ4n) is 1.58. The van der Waals surface area contributed by atoms with Crippen LogP contribution >= 0.6 is 11.6 Å². The Morgan fingerprint density at radius 1 is 1.53 bits per heavy atom. The van der Waals surface area contributed by atoms with Crippen molar-refractivity contribution in [1.82, 2.24) is 0 Å². The number of hydrogen-bond acceptors (Lipinski definition) is 4. The maximum atomic E-state index is 13.4. The fraction of sp³-hybridized carbons (Fsp3) is 0.500. The summed E-state index contributed by atoms with van der Waals surface area (Å²) >= 11 is 5.54. The molecule has 0 fully saturated rings. The van der Waals surface area contributed by atoms with E-state index >= 15 is 0 Å². The van der Waals surface area contributed by atoms with Crippen molar-refractivity contribution < 1.29 is 14.1 Å². The molecule has 1 rings (SSSR count). The van der Waals surface area contributed by atoms with Gasteiger partial charge in [-0.1, -0.05) is 11.6 Å². The summed E-state index contributed by atoms with van der Waals surface area (Å²) < 4.78 is 18.8. The van der Waals surface area contributed by atoms with E-state index in [-0.39, 0.29) is 16.4 Å². The monoisotopic (exact) mass is 290 g/mol. The quantitative estimate of drug-likeness (QED) is 0.642. The van der Waals surface area contributed by atoms with Crippen LogP contribution in [0, 0.1) is 15.9 Å². The van der Waals surface area contributed by atoms with E-state index in [1.165, 1.54) is 0 Å². The smallest absolute Gasteiger partial charge is 0.294 e. The zero-order valence-corrected chi connectivity index (χ0v) is 11.8. The molecule has 1 aromatic rings. The summed E-state index contributed by atoms with van der Waals surface area (Å²) in [6.07, 6.45) is 0. The van der Waals surface area contributed by atoms with Crippen molar-refractivity contribution in [2.75, 3.05) is 18.5 Å². The number of hydrogen-bond donors (Lipinski definition) is 1. The normalized spacial score (nSPS) is 11.4. The molecule has 0 saturated carbocycles. The van der Waals surface area contributed by atoms with Crippen molar-refractivity contribution in [1.29, 1.82) is 0 Å². The molecule has 5 nitrogen and oxygen atoms in total. The Hall–Kier alpha value is -1.40. The summed E-state index contributed by atoms with van der Waals surface area (Å²) in [5.74, 6) is -0.705. The predicted molar refractivity (Wildman–Crippen MR) is 72.3 cm³/mol. The molecule has 106 valence electrons. The van der Waals surface area contributed by atoms with Gasteiger partial charge < -0.3 is 10.1 Å². The van der Waals surface area contributed by atoms with Gasteiger partial charge in [-0.3, -0.25) is 10.1 Å². The Balaban J connectivity index is 2.94. The molecule has 0 spiro atoms. The molecule has 1 aromatic carbocycles. The van der Waals surface area contributed by atoms with Gasteiger partial charge in [-0.2, -0.15) is 0 Å². The summed E-state index contributed by atoms with van der Waals surface area (Å²) in [6, 6.07) is 2.01. The Kier molecular flexibility index (Phi) is 5.08. The lowest BCUT2D eigenvalue weighted by molar-refractivity contribution is -0.384. The molecular formula is C12H16ClFN2O3. The van der Waals surface area contributed by atoms with Crippen molar-refractivity contribution in [2.45, 2.75) is 26.4 Å². The molecule has 0 bridgehead atoms. The van der Waals surface area contributed by atoms with Crippen molar-refractivity contribution in [3.63, 3.8) is 0 Å². The third kappa shape index (κ3) is 4.33. The van der Waals surface area contributed by atoms with Crippen molar-refractivity contribution >= 4 is 23.0 Å². The average molecular weight is 291 g/mol. The van der Waals surface area contributed by atoms with Crippen LogP contribution in [-0.4, -0.2) is 23.7 Å². The highest BCUT2D eigenvalue weighted by molar-refractivity contribution is 6.31. The SMILES string of the molecule is CCOC(C)(C)CNc1cc(F)c(Cl)cc1[N+](=O)[O-]. The average Bonchev–Trinajstić information content (AvgIpc) is 2.30. The number of nitrogens with one attached hydrogen (secondary N) is 1. The van der Waals surface area contributed by atoms with Gasteiger partial charge in [0.1, 0.15) is 11.5 Å². The maximum absolute atomic E-state index is 13.4. The number of nitro benzene ring substituents is 1. The van der Waals surface area contributed by atoms with Crippen molar-refractivity contribution in [3.8, 4) is 0 Å². The minimum Gasteiger partial charge on any atom is -0.377 e. The van der Waals surface area contributed by atoms with E-state index < -0.39 is 16.3 Å². The van der Waals surface area contributed by atoms with Crippen LogP contribution in [0.2, 0.25) is 5.02 Å². The van der Waals surface area contributed by atoms with Gasteiger partial charge in [0.25, 0.3) is 5.69 Å². The van der Waals surface area contributed by atoms with E-state index in [4.69, 9.17) is 16.3 Å². The zero-order valence-electron chi connectivity index (χ0n) is 11.0. The minimum atomic E-state index is -0.705. The standard InChI is InChI=1S/C12H16ClFN2O3/c1-4-19-12(2,3)7-15-10-6-9(14)8(13)5-11(10)16(17)18/h5-6,15H,4,7H2,1-3H3. The number of nitrogens with zero attached hydrogens (tertiary/aromatic N) is 1. The molecule has 0 atom stereocenters. The number of anilines is 1. The van der Waals surface area contributed by atoms with Crippen molar-refractivity contribution in [3.05, 3.63) is 33.1 Å². The molecule has 0 unspecified atom stereocenters. The van der Waals surface area contributed by atoms with E-state index in [0.717, 1.165) is 12.1 Å². The first kappa shape index (κ1) is 15.7. The highest BCUT2D eigenvalue weighted by atomic mass is 35.5. The number of rotatable bonds is 6. The number of benzene rings is 1. The third-order valence-electron chi connectivity index (χ3n) is 2.47. The molecule has 0 aliphatic rings. The maximum Gasteiger partial charge on any atom is 0.294 e. The fourth-order valence-corrected chi connectivity index (χ4v) is 1.74. The van der Waals surface area contributed by atoms with Crippen LogP contribution < -0.4 is 5.32 Å². The Morgan fingerprint density at radius 2 is 2.16 bits per heavy atom. The number of nitro groups is 1. The van der Waals surface area contributed by atoms with Gasteiger partial charge in [0.15, 0.2) is 0 Å². The molecule has 1 N–H and O–H groups in total. The van der Waals surface area contributed by atoms with Gasteiger partial charge in [0.05, 0.1) is 15.5 Å². The third-order valence-corrected chi connectivity index (χ3v) is 2.76. The second kappa shape index (κ2) is 6.16. The van der Waals surface area contributed by atoms with Crippen LogP contribution in [0.4, 0.5) is 15.8 Å². The second-order valence-corrected chi connectivity index (χ2v) is 4.99. The zero-order chi connectivity index (χ0) is 14.6. The summed E-state index contributed by atoms with van der Waals surface area (Å²) in [4.78, 5) is 10.3. The molecule has 0 aromatic heterocycles. The summed E-state index contributed by atoms with van der Waals surface area (Å²) in [7, 11) is 0. The Bertz CT molecular complexity index is 480. The molecule has 0 radical (unpaired) electrons. The summed E-state index contributed by atoms with van der Waals surface area (Å²) in [5, 5.41) is 13.4. The van der Waals surface area contributed by atoms with Crippen LogP contribution in [0.5, 0.6) is 0 Å². The van der Waals surface area contributed by atoms with Crippen LogP contribution in [-0.2, 0) is 4.74 Å². The minimum absolute atomic E-state index is 0.0830. The molecule has 0 aliphatic heterocycles. The summed E-state index contributed by atoms with van der Waals surface area (Å²) in [6.45, 7) is 6.35. The van der Waals surface area contributed by atoms with Gasteiger partial charge in [0, 0.05) is 25.3 Å². The van der Waals surface area contributed by atoms with E-state index in [1.54, 1.807) is 0 Å². The molecule has 7 heteroatoms. The highest BCUT2D eigenvalue weighted by Crippen LogP contribution is 2.30. The predicted octanol–water partition coefficient (Wildman–Crippen LogP) is 3.61.